The summed E-state index contributed by atoms with van der Waals surface area (Å²) < 4.78 is 0. The number of carboxylic acids is 1. The second kappa shape index (κ2) is 3.69. The van der Waals surface area contributed by atoms with Crippen LogP contribution in [0.4, 0.5) is 0 Å². The van der Waals surface area contributed by atoms with Gasteiger partial charge in [-0.25, -0.2) is 0 Å². The summed E-state index contributed by atoms with van der Waals surface area (Å²) >= 11 is 5.50. The molecule has 0 aromatic carbocycles. The molecule has 4 heteroatoms. The van der Waals surface area contributed by atoms with Gasteiger partial charge in [-0.2, -0.15) is 0 Å². The smallest absolute Gasteiger partial charge is 0.304 e. The van der Waals surface area contributed by atoms with E-state index in [9.17, 15) is 4.79 Å². The lowest BCUT2D eigenvalue weighted by molar-refractivity contribution is -0.137. The number of rotatable bonds is 3. The van der Waals surface area contributed by atoms with Gasteiger partial charge >= 0.3 is 5.97 Å². The first-order valence-electron chi connectivity index (χ1n) is 2.65. The first-order chi connectivity index (χ1) is 4.04. The Hall–Kier alpha value is -0.280. The van der Waals surface area contributed by atoms with Crippen LogP contribution in [0.5, 0.6) is 0 Å². The molecule has 0 aliphatic heterocycles. The normalized spacial score (nSPS) is 16.8. The predicted molar refractivity (Wildman–Crippen MR) is 35.5 cm³/mol. The van der Waals surface area contributed by atoms with Crippen LogP contribution in [-0.2, 0) is 4.79 Å². The van der Waals surface area contributed by atoms with Gasteiger partial charge in [0.15, 0.2) is 0 Å². The van der Waals surface area contributed by atoms with E-state index in [4.69, 9.17) is 22.4 Å². The Morgan fingerprint density at radius 1 is 1.89 bits per heavy atom. The van der Waals surface area contributed by atoms with E-state index in [2.05, 4.69) is 0 Å². The zero-order valence-electron chi connectivity index (χ0n) is 5.17. The molecule has 54 valence electrons. The number of carbonyl (C=O) groups is 1. The van der Waals surface area contributed by atoms with E-state index in [-0.39, 0.29) is 12.5 Å². The molecule has 3 N–H and O–H groups in total. The Labute approximate surface area is 58.8 Å². The van der Waals surface area contributed by atoms with Crippen molar-refractivity contribution in [1.29, 1.82) is 0 Å². The molecule has 0 heterocycles. The molecule has 0 radical (unpaired) electrons. The summed E-state index contributed by atoms with van der Waals surface area (Å²) in [6.45, 7) is 1.68. The first kappa shape index (κ1) is 8.72. The quantitative estimate of drug-likeness (QED) is 0.575. The Bertz CT molecular complexity index is 105. The molecule has 0 rings (SSSR count). The highest BCUT2D eigenvalue weighted by molar-refractivity contribution is 6.22. The lowest BCUT2D eigenvalue weighted by atomic mass is 10.2. The van der Waals surface area contributed by atoms with Gasteiger partial charge in [0, 0.05) is 6.04 Å². The van der Waals surface area contributed by atoms with Crippen LogP contribution in [0.3, 0.4) is 0 Å². The summed E-state index contributed by atoms with van der Waals surface area (Å²) in [6, 6.07) is -0.261. The molecule has 0 amide bonds. The van der Waals surface area contributed by atoms with E-state index in [1.165, 1.54) is 0 Å². The minimum Gasteiger partial charge on any atom is -0.481 e. The Balaban J connectivity index is 3.50. The fourth-order valence-electron chi connectivity index (χ4n) is 0.353. The van der Waals surface area contributed by atoms with Crippen LogP contribution in [0.15, 0.2) is 0 Å². The molecule has 0 aliphatic carbocycles. The van der Waals surface area contributed by atoms with Gasteiger partial charge < -0.3 is 10.8 Å². The third-order valence-corrected chi connectivity index (χ3v) is 1.49. The Morgan fingerprint density at radius 2 is 2.33 bits per heavy atom. The summed E-state index contributed by atoms with van der Waals surface area (Å²) in [5, 5.41) is 7.74. The van der Waals surface area contributed by atoms with Gasteiger partial charge in [0.05, 0.1) is 11.8 Å². The summed E-state index contributed by atoms with van der Waals surface area (Å²) in [5.74, 6) is -0.910. The van der Waals surface area contributed by atoms with Gasteiger partial charge in [-0.15, -0.1) is 11.6 Å². The molecule has 0 aromatic rings. The minimum absolute atomic E-state index is 0.0702. The van der Waals surface area contributed by atoms with Crippen molar-refractivity contribution in [1.82, 2.24) is 0 Å². The Kier molecular flexibility index (Phi) is 3.58. The highest BCUT2D eigenvalue weighted by atomic mass is 35.5. The molecule has 0 saturated carbocycles. The number of nitrogens with two attached hydrogens (primary N) is 1. The number of aliphatic carboxylic acids is 1. The van der Waals surface area contributed by atoms with Crippen molar-refractivity contribution in [2.45, 2.75) is 24.8 Å². The van der Waals surface area contributed by atoms with E-state index in [1.54, 1.807) is 6.92 Å². The van der Waals surface area contributed by atoms with Gasteiger partial charge in [0.2, 0.25) is 0 Å². The maximum absolute atomic E-state index is 9.97. The highest BCUT2D eigenvalue weighted by Crippen LogP contribution is 2.04. The summed E-state index contributed by atoms with van der Waals surface area (Å²) in [5.41, 5.74) is 5.29. The Morgan fingerprint density at radius 3 is 2.44 bits per heavy atom. The van der Waals surface area contributed by atoms with E-state index >= 15 is 0 Å². The zero-order valence-corrected chi connectivity index (χ0v) is 5.93. The van der Waals surface area contributed by atoms with E-state index < -0.39 is 11.3 Å². The molecular weight excluding hydrogens is 142 g/mol. The van der Waals surface area contributed by atoms with Crippen LogP contribution in [0, 0.1) is 0 Å². The predicted octanol–water partition coefficient (Wildman–Crippen LogP) is 0.416. The van der Waals surface area contributed by atoms with Crippen LogP contribution in [-0.4, -0.2) is 22.5 Å². The molecule has 2 atom stereocenters. The molecule has 0 aliphatic rings. The number of alkyl halides is 1. The molecule has 0 aromatic heterocycles. The highest BCUT2D eigenvalue weighted by Gasteiger charge is 2.13. The topological polar surface area (TPSA) is 63.3 Å². The van der Waals surface area contributed by atoms with Crippen molar-refractivity contribution in [3.05, 3.63) is 0 Å². The summed E-state index contributed by atoms with van der Waals surface area (Å²) in [6.07, 6.45) is -0.0702. The number of hydrogen-bond acceptors (Lipinski definition) is 2. The van der Waals surface area contributed by atoms with E-state index in [0.29, 0.717) is 0 Å². The minimum atomic E-state index is -0.910. The molecular formula is C5H10ClNO2. The molecule has 0 bridgehead atoms. The first-order valence-corrected chi connectivity index (χ1v) is 3.09. The van der Waals surface area contributed by atoms with Gasteiger partial charge in [-0.3, -0.25) is 4.79 Å². The third-order valence-electron chi connectivity index (χ3n) is 0.940. The van der Waals surface area contributed by atoms with Crippen LogP contribution in [0.25, 0.3) is 0 Å². The molecule has 9 heavy (non-hydrogen) atoms. The average Bonchev–Trinajstić information content (AvgIpc) is 1.63. The van der Waals surface area contributed by atoms with Crippen molar-refractivity contribution in [2.24, 2.45) is 5.73 Å². The third kappa shape index (κ3) is 4.24. The molecule has 3 nitrogen and oxygen atoms in total. The van der Waals surface area contributed by atoms with Crippen molar-refractivity contribution in [3.63, 3.8) is 0 Å². The van der Waals surface area contributed by atoms with Gasteiger partial charge in [-0.1, -0.05) is 0 Å². The largest absolute Gasteiger partial charge is 0.481 e. The van der Waals surface area contributed by atoms with Crippen LogP contribution in [0.2, 0.25) is 0 Å². The number of carboxylic acid groups (broad SMARTS) is 1. The standard InChI is InChI=1S/C5H10ClNO2/c1-3(7)4(6)2-5(8)9/h3-4H,2,7H2,1H3,(H,8,9). The van der Waals surface area contributed by atoms with Crippen molar-refractivity contribution in [3.8, 4) is 0 Å². The number of hydrogen-bond donors (Lipinski definition) is 2. The van der Waals surface area contributed by atoms with E-state index in [1.807, 2.05) is 0 Å². The maximum atomic E-state index is 9.97. The van der Waals surface area contributed by atoms with Gasteiger partial charge in [0.1, 0.15) is 0 Å². The summed E-state index contributed by atoms with van der Waals surface area (Å²) in [4.78, 5) is 9.97. The second-order valence-corrected chi connectivity index (χ2v) is 2.53. The average molecular weight is 152 g/mol. The lowest BCUT2D eigenvalue weighted by Crippen LogP contribution is -2.28. The van der Waals surface area contributed by atoms with Crippen LogP contribution >= 0.6 is 11.6 Å². The molecule has 2 unspecified atom stereocenters. The van der Waals surface area contributed by atoms with E-state index in [0.717, 1.165) is 0 Å². The zero-order chi connectivity index (χ0) is 7.44. The summed E-state index contributed by atoms with van der Waals surface area (Å²) in [7, 11) is 0. The van der Waals surface area contributed by atoms with Gasteiger partial charge in [-0.05, 0) is 6.92 Å². The van der Waals surface area contributed by atoms with Crippen LogP contribution in [0.1, 0.15) is 13.3 Å². The maximum Gasteiger partial charge on any atom is 0.304 e. The fraction of sp³-hybridized carbons (Fsp3) is 0.800. The van der Waals surface area contributed by atoms with Crippen molar-refractivity contribution in [2.75, 3.05) is 0 Å². The second-order valence-electron chi connectivity index (χ2n) is 1.97. The number of halogens is 1. The van der Waals surface area contributed by atoms with Gasteiger partial charge in [0.25, 0.3) is 0 Å². The van der Waals surface area contributed by atoms with Crippen molar-refractivity contribution < 1.29 is 9.90 Å². The fourth-order valence-corrected chi connectivity index (χ4v) is 0.485. The monoisotopic (exact) mass is 151 g/mol. The van der Waals surface area contributed by atoms with Crippen LogP contribution < -0.4 is 5.73 Å². The molecule has 0 spiro atoms. The lowest BCUT2D eigenvalue weighted by Gasteiger charge is -2.08. The van der Waals surface area contributed by atoms with Crippen molar-refractivity contribution >= 4 is 17.6 Å². The SMILES string of the molecule is CC(N)C(Cl)CC(=O)O. The molecule has 0 fully saturated rings. The molecule has 0 saturated heterocycles.